The quantitative estimate of drug-likeness (QED) is 0.344. The van der Waals surface area contributed by atoms with Crippen LogP contribution in [0.4, 0.5) is 0 Å². The third-order valence-corrected chi connectivity index (χ3v) is 5.73. The number of aryl methyl sites for hydroxylation is 1. The number of unbranched alkanes of at least 4 members (excludes halogenated alkanes) is 3. The molecular formula is C23H24N4S. The molecule has 0 unspecified atom stereocenters. The maximum Gasteiger partial charge on any atom is 0.166 e. The first-order chi connectivity index (χ1) is 13.8. The maximum atomic E-state index is 4.78. The molecule has 0 aliphatic carbocycles. The molecule has 2 aromatic heterocycles. The highest BCUT2D eigenvalue weighted by Gasteiger charge is 2.10. The molecule has 0 atom stereocenters. The van der Waals surface area contributed by atoms with Crippen LogP contribution in [0.3, 0.4) is 0 Å². The summed E-state index contributed by atoms with van der Waals surface area (Å²) in [6.45, 7) is 2.23. The van der Waals surface area contributed by atoms with Gasteiger partial charge in [0.2, 0.25) is 0 Å². The fraction of sp³-hybridized carbons (Fsp3) is 0.261. The zero-order valence-corrected chi connectivity index (χ0v) is 16.9. The fourth-order valence-corrected chi connectivity index (χ4v) is 4.02. The number of fused-ring (bicyclic) bond motifs is 1. The van der Waals surface area contributed by atoms with Crippen LogP contribution in [-0.2, 0) is 6.42 Å². The van der Waals surface area contributed by atoms with Gasteiger partial charge < -0.3 is 0 Å². The molecule has 0 N–H and O–H groups in total. The molecule has 0 spiro atoms. The highest BCUT2D eigenvalue weighted by Crippen LogP contribution is 2.30. The zero-order chi connectivity index (χ0) is 19.2. The first-order valence-electron chi connectivity index (χ1n) is 9.86. The van der Waals surface area contributed by atoms with E-state index in [4.69, 9.17) is 4.98 Å². The summed E-state index contributed by atoms with van der Waals surface area (Å²) in [5, 5.41) is 4.42. The molecule has 0 aliphatic heterocycles. The molecule has 28 heavy (non-hydrogen) atoms. The van der Waals surface area contributed by atoms with E-state index in [9.17, 15) is 0 Å². The Hall–Kier alpha value is -2.66. The Kier molecular flexibility index (Phi) is 6.02. The Morgan fingerprint density at radius 1 is 0.893 bits per heavy atom. The summed E-state index contributed by atoms with van der Waals surface area (Å²) in [7, 11) is 0. The first kappa shape index (κ1) is 18.7. The Morgan fingerprint density at radius 2 is 1.68 bits per heavy atom. The second-order valence-corrected chi connectivity index (χ2v) is 8.00. The van der Waals surface area contributed by atoms with Crippen LogP contribution in [0.5, 0.6) is 0 Å². The lowest BCUT2D eigenvalue weighted by atomic mass is 10.1. The molecule has 4 aromatic rings. The summed E-state index contributed by atoms with van der Waals surface area (Å²) in [4.78, 5) is 11.7. The van der Waals surface area contributed by atoms with Gasteiger partial charge in [0, 0.05) is 21.8 Å². The molecule has 0 aliphatic rings. The van der Waals surface area contributed by atoms with Crippen LogP contribution < -0.4 is 0 Å². The molecule has 0 amide bonds. The van der Waals surface area contributed by atoms with Crippen molar-refractivity contribution in [2.24, 2.45) is 0 Å². The van der Waals surface area contributed by atoms with E-state index in [0.29, 0.717) is 0 Å². The van der Waals surface area contributed by atoms with Gasteiger partial charge in [0.15, 0.2) is 5.65 Å². The van der Waals surface area contributed by atoms with Crippen molar-refractivity contribution in [1.82, 2.24) is 19.6 Å². The molecule has 2 aromatic carbocycles. The highest BCUT2D eigenvalue weighted by atomic mass is 32.2. The number of benzene rings is 2. The minimum absolute atomic E-state index is 0.879. The lowest BCUT2D eigenvalue weighted by Crippen LogP contribution is -2.00. The van der Waals surface area contributed by atoms with Crippen molar-refractivity contribution in [2.75, 3.05) is 0 Å². The van der Waals surface area contributed by atoms with E-state index in [1.807, 2.05) is 12.3 Å². The maximum absolute atomic E-state index is 4.78. The van der Waals surface area contributed by atoms with Crippen LogP contribution in [-0.4, -0.2) is 19.6 Å². The average molecular weight is 389 g/mol. The van der Waals surface area contributed by atoms with Crippen molar-refractivity contribution in [2.45, 2.75) is 48.8 Å². The van der Waals surface area contributed by atoms with Gasteiger partial charge in [0.05, 0.1) is 6.20 Å². The van der Waals surface area contributed by atoms with Gasteiger partial charge in [-0.3, -0.25) is 0 Å². The van der Waals surface area contributed by atoms with Crippen LogP contribution in [0, 0.1) is 0 Å². The number of aromatic nitrogens is 4. The molecule has 0 saturated carbocycles. The largest absolute Gasteiger partial charge is 0.221 e. The van der Waals surface area contributed by atoms with Gasteiger partial charge >= 0.3 is 0 Å². The summed E-state index contributed by atoms with van der Waals surface area (Å²) in [6.07, 6.45) is 9.47. The molecule has 4 rings (SSSR count). The van der Waals surface area contributed by atoms with E-state index in [1.165, 1.54) is 29.1 Å². The molecule has 142 valence electrons. The summed E-state index contributed by atoms with van der Waals surface area (Å²) in [5.41, 5.74) is 3.06. The van der Waals surface area contributed by atoms with Crippen LogP contribution in [0.15, 0.2) is 76.9 Å². The summed E-state index contributed by atoms with van der Waals surface area (Å²) in [5.74, 6) is 0.904. The smallest absolute Gasteiger partial charge is 0.166 e. The predicted molar refractivity (Wildman–Crippen MR) is 115 cm³/mol. The van der Waals surface area contributed by atoms with Gasteiger partial charge in [-0.1, -0.05) is 68.3 Å². The molecule has 0 fully saturated rings. The van der Waals surface area contributed by atoms with Gasteiger partial charge in [0.25, 0.3) is 0 Å². The van der Waals surface area contributed by atoms with Crippen molar-refractivity contribution in [1.29, 1.82) is 0 Å². The van der Waals surface area contributed by atoms with E-state index < -0.39 is 0 Å². The van der Waals surface area contributed by atoms with E-state index in [0.717, 1.165) is 35.4 Å². The topological polar surface area (TPSA) is 43.1 Å². The molecule has 2 heterocycles. The van der Waals surface area contributed by atoms with E-state index in [-0.39, 0.29) is 0 Å². The second-order valence-electron chi connectivity index (χ2n) is 6.85. The van der Waals surface area contributed by atoms with Crippen LogP contribution in [0.2, 0.25) is 0 Å². The van der Waals surface area contributed by atoms with Gasteiger partial charge in [0.1, 0.15) is 12.2 Å². The van der Waals surface area contributed by atoms with Gasteiger partial charge in [-0.05, 0) is 36.2 Å². The van der Waals surface area contributed by atoms with Gasteiger partial charge in [-0.25, -0.2) is 14.5 Å². The monoisotopic (exact) mass is 388 g/mol. The average Bonchev–Trinajstić information content (AvgIpc) is 3.16. The normalized spacial score (nSPS) is 11.2. The van der Waals surface area contributed by atoms with Gasteiger partial charge in [-0.15, -0.1) is 0 Å². The van der Waals surface area contributed by atoms with Crippen LogP contribution in [0.1, 0.15) is 38.4 Å². The van der Waals surface area contributed by atoms with E-state index in [1.54, 1.807) is 22.6 Å². The molecule has 0 radical (unpaired) electrons. The number of nitrogens with zero attached hydrogens (tertiary/aromatic N) is 4. The first-order valence-corrected chi connectivity index (χ1v) is 10.7. The summed E-state index contributed by atoms with van der Waals surface area (Å²) >= 11 is 1.77. The Labute approximate surface area is 170 Å². The van der Waals surface area contributed by atoms with E-state index in [2.05, 4.69) is 65.5 Å². The van der Waals surface area contributed by atoms with E-state index >= 15 is 0 Å². The van der Waals surface area contributed by atoms with Crippen LogP contribution >= 0.6 is 11.8 Å². The summed E-state index contributed by atoms with van der Waals surface area (Å²) in [6, 6.07) is 19.0. The van der Waals surface area contributed by atoms with Crippen molar-refractivity contribution >= 4 is 17.4 Å². The van der Waals surface area contributed by atoms with Crippen molar-refractivity contribution < 1.29 is 0 Å². The minimum atomic E-state index is 0.879. The number of rotatable bonds is 8. The Bertz CT molecular complexity index is 1030. The fourth-order valence-electron chi connectivity index (χ4n) is 3.19. The summed E-state index contributed by atoms with van der Waals surface area (Å²) < 4.78 is 1.76. The highest BCUT2D eigenvalue weighted by molar-refractivity contribution is 7.99. The number of hydrogen-bond donors (Lipinski definition) is 0. The van der Waals surface area contributed by atoms with Crippen molar-refractivity contribution in [3.63, 3.8) is 0 Å². The lowest BCUT2D eigenvalue weighted by molar-refractivity contribution is 0.649. The van der Waals surface area contributed by atoms with Crippen LogP contribution in [0.25, 0.3) is 16.8 Å². The molecule has 5 heteroatoms. The SMILES string of the molecule is CCCCCCc1ncn2ncc(-c3ccc(Sc4ccccc4)cc3)c2n1. The third kappa shape index (κ3) is 4.42. The Balaban J connectivity index is 1.53. The Morgan fingerprint density at radius 3 is 2.46 bits per heavy atom. The van der Waals surface area contributed by atoms with Gasteiger partial charge in [-0.2, -0.15) is 5.10 Å². The lowest BCUT2D eigenvalue weighted by Gasteiger charge is -2.04. The molecule has 4 nitrogen and oxygen atoms in total. The molecule has 0 saturated heterocycles. The molecular weight excluding hydrogens is 364 g/mol. The molecule has 0 bridgehead atoms. The second kappa shape index (κ2) is 9.02. The number of hydrogen-bond acceptors (Lipinski definition) is 4. The standard InChI is InChI=1S/C23H24N4S/c1-2-3-4-8-11-22-24-17-27-23(26-22)21(16-25-27)18-12-14-20(15-13-18)28-19-9-6-5-7-10-19/h5-7,9-10,12-17H,2-4,8,11H2,1H3. The van der Waals surface area contributed by atoms with Crippen molar-refractivity contribution in [3.8, 4) is 11.1 Å². The predicted octanol–water partition coefficient (Wildman–Crippen LogP) is 6.07. The third-order valence-electron chi connectivity index (χ3n) is 4.72. The van der Waals surface area contributed by atoms with Crippen molar-refractivity contribution in [3.05, 3.63) is 72.9 Å². The minimum Gasteiger partial charge on any atom is -0.221 e. The zero-order valence-electron chi connectivity index (χ0n) is 16.1.